The zero-order chi connectivity index (χ0) is 19.6. The summed E-state index contributed by atoms with van der Waals surface area (Å²) in [6.45, 7) is 2.47. The van der Waals surface area contributed by atoms with E-state index in [0.29, 0.717) is 13.0 Å². The van der Waals surface area contributed by atoms with E-state index in [2.05, 4.69) is 5.32 Å². The number of urea groups is 1. The minimum absolute atomic E-state index is 0.0929. The number of nitrogens with zero attached hydrogens (tertiary/aromatic N) is 1. The highest BCUT2D eigenvalue weighted by Gasteiger charge is 2.25. The molecule has 0 spiro atoms. The molecule has 2 aromatic carbocycles. The van der Waals surface area contributed by atoms with Crippen molar-refractivity contribution >= 4 is 15.9 Å². The van der Waals surface area contributed by atoms with Crippen LogP contribution in [0.25, 0.3) is 0 Å². The Labute approximate surface area is 160 Å². The number of carbonyl (C=O) groups excluding carboxylic acids is 1. The van der Waals surface area contributed by atoms with E-state index in [4.69, 9.17) is 4.74 Å². The number of rotatable bonds is 4. The lowest BCUT2D eigenvalue weighted by atomic mass is 10.0. The van der Waals surface area contributed by atoms with Gasteiger partial charge in [-0.15, -0.1) is 0 Å². The Hall–Kier alpha value is -2.54. The number of ether oxygens (including phenoxy) is 1. The van der Waals surface area contributed by atoms with Crippen LogP contribution < -0.4 is 10.1 Å². The molecular weight excluding hydrogens is 364 g/mol. The van der Waals surface area contributed by atoms with E-state index in [0.717, 1.165) is 16.9 Å². The summed E-state index contributed by atoms with van der Waals surface area (Å²) in [5.41, 5.74) is 1.85. The zero-order valence-electron chi connectivity index (χ0n) is 15.7. The van der Waals surface area contributed by atoms with Gasteiger partial charge >= 0.3 is 6.03 Å². The third-order valence-electron chi connectivity index (χ3n) is 4.95. The first-order chi connectivity index (χ1) is 12.8. The lowest BCUT2D eigenvalue weighted by molar-refractivity contribution is 0.183. The van der Waals surface area contributed by atoms with Crippen molar-refractivity contribution in [1.29, 1.82) is 0 Å². The van der Waals surface area contributed by atoms with Gasteiger partial charge < -0.3 is 15.0 Å². The average molecular weight is 388 g/mol. The number of benzene rings is 2. The number of hydrogen-bond donors (Lipinski definition) is 1. The molecule has 6 nitrogen and oxygen atoms in total. The largest absolute Gasteiger partial charge is 0.493 e. The van der Waals surface area contributed by atoms with Crippen LogP contribution in [0, 0.1) is 0 Å². The van der Waals surface area contributed by atoms with Crippen LogP contribution in [0.2, 0.25) is 0 Å². The summed E-state index contributed by atoms with van der Waals surface area (Å²) in [5, 5.41) is 3.07. The fourth-order valence-electron chi connectivity index (χ4n) is 3.14. The summed E-state index contributed by atoms with van der Waals surface area (Å²) in [6, 6.07) is 13.9. The number of hydrogen-bond acceptors (Lipinski definition) is 4. The maximum Gasteiger partial charge on any atom is 0.318 e. The molecule has 0 aromatic heterocycles. The van der Waals surface area contributed by atoms with E-state index in [-0.39, 0.29) is 23.0 Å². The molecule has 0 saturated carbocycles. The zero-order valence-corrected chi connectivity index (χ0v) is 16.5. The minimum atomic E-state index is -3.23. The van der Waals surface area contributed by atoms with Crippen LogP contribution in [0.3, 0.4) is 0 Å². The Bertz CT molecular complexity index is 925. The molecule has 1 aliphatic rings. The molecule has 0 bridgehead atoms. The van der Waals surface area contributed by atoms with E-state index in [1.165, 1.54) is 6.26 Å². The highest BCUT2D eigenvalue weighted by Crippen LogP contribution is 2.32. The highest BCUT2D eigenvalue weighted by atomic mass is 32.2. The van der Waals surface area contributed by atoms with Crippen LogP contribution in [0.5, 0.6) is 5.75 Å². The summed E-state index contributed by atoms with van der Waals surface area (Å²) < 4.78 is 28.8. The molecule has 1 aliphatic heterocycles. The third-order valence-corrected chi connectivity index (χ3v) is 6.08. The smallest absolute Gasteiger partial charge is 0.318 e. The van der Waals surface area contributed by atoms with Crippen LogP contribution in [-0.4, -0.2) is 39.3 Å². The van der Waals surface area contributed by atoms with Crippen LogP contribution in [0.1, 0.15) is 36.6 Å². The van der Waals surface area contributed by atoms with E-state index in [1.807, 2.05) is 31.2 Å². The predicted octanol–water partition coefficient (Wildman–Crippen LogP) is 3.32. The second-order valence-electron chi connectivity index (χ2n) is 6.81. The van der Waals surface area contributed by atoms with E-state index >= 15 is 0 Å². The Balaban J connectivity index is 1.70. The van der Waals surface area contributed by atoms with E-state index in [9.17, 15) is 13.2 Å². The second-order valence-corrected chi connectivity index (χ2v) is 8.82. The summed E-state index contributed by atoms with van der Waals surface area (Å²) in [6.07, 6.45) is 1.89. The van der Waals surface area contributed by atoms with Crippen molar-refractivity contribution in [3.63, 3.8) is 0 Å². The first-order valence-electron chi connectivity index (χ1n) is 8.82. The van der Waals surface area contributed by atoms with Gasteiger partial charge in [0.15, 0.2) is 9.84 Å². The number of sulfone groups is 1. The van der Waals surface area contributed by atoms with Crippen LogP contribution in [-0.2, 0) is 9.84 Å². The summed E-state index contributed by atoms with van der Waals surface area (Å²) in [4.78, 5) is 14.6. The lowest BCUT2D eigenvalue weighted by Crippen LogP contribution is -2.41. The van der Waals surface area contributed by atoms with E-state index in [1.54, 1.807) is 36.2 Å². The van der Waals surface area contributed by atoms with Crippen molar-refractivity contribution in [2.24, 2.45) is 0 Å². The normalized spacial score (nSPS) is 17.4. The molecule has 2 atom stereocenters. The van der Waals surface area contributed by atoms with Crippen molar-refractivity contribution < 1.29 is 17.9 Å². The van der Waals surface area contributed by atoms with Crippen molar-refractivity contribution in [2.45, 2.75) is 30.3 Å². The molecule has 27 heavy (non-hydrogen) atoms. The molecule has 0 saturated heterocycles. The number of fused-ring (bicyclic) bond motifs is 1. The van der Waals surface area contributed by atoms with Crippen molar-refractivity contribution in [1.82, 2.24) is 10.2 Å². The van der Waals surface area contributed by atoms with Gasteiger partial charge in [0.1, 0.15) is 5.75 Å². The maximum absolute atomic E-state index is 12.7. The molecule has 7 heteroatoms. The number of carbonyl (C=O) groups is 1. The highest BCUT2D eigenvalue weighted by molar-refractivity contribution is 7.90. The Morgan fingerprint density at radius 3 is 2.52 bits per heavy atom. The topological polar surface area (TPSA) is 75.7 Å². The van der Waals surface area contributed by atoms with Gasteiger partial charge in [-0.2, -0.15) is 0 Å². The number of nitrogens with one attached hydrogen (secondary N) is 1. The Morgan fingerprint density at radius 1 is 1.19 bits per heavy atom. The van der Waals surface area contributed by atoms with Gasteiger partial charge in [-0.05, 0) is 30.7 Å². The van der Waals surface area contributed by atoms with E-state index < -0.39 is 9.84 Å². The molecule has 0 radical (unpaired) electrons. The number of amides is 2. The Kier molecular flexibility index (Phi) is 5.41. The van der Waals surface area contributed by atoms with Crippen LogP contribution in [0.15, 0.2) is 53.4 Å². The van der Waals surface area contributed by atoms with Crippen LogP contribution in [0.4, 0.5) is 4.79 Å². The molecule has 2 aromatic rings. The second kappa shape index (κ2) is 7.60. The van der Waals surface area contributed by atoms with Gasteiger partial charge in [-0.1, -0.05) is 30.3 Å². The standard InChI is InChI=1S/C20H24N2O4S/c1-14(15-8-10-16(11-9-15)27(3,24)25)22(2)20(23)21-18-12-13-26-19-7-5-4-6-17(18)19/h4-11,14,18H,12-13H2,1-3H3,(H,21,23)/t14-,18-/m0/s1. The van der Waals surface area contributed by atoms with Gasteiger partial charge in [0.25, 0.3) is 0 Å². The summed E-state index contributed by atoms with van der Waals surface area (Å²) in [5.74, 6) is 0.807. The summed E-state index contributed by atoms with van der Waals surface area (Å²) >= 11 is 0. The molecule has 1 N–H and O–H groups in total. The van der Waals surface area contributed by atoms with Crippen molar-refractivity contribution in [2.75, 3.05) is 19.9 Å². The average Bonchev–Trinajstić information content (AvgIpc) is 2.66. The van der Waals surface area contributed by atoms with Gasteiger partial charge in [-0.3, -0.25) is 0 Å². The fourth-order valence-corrected chi connectivity index (χ4v) is 3.77. The first kappa shape index (κ1) is 19.2. The lowest BCUT2D eigenvalue weighted by Gasteiger charge is -2.31. The Morgan fingerprint density at radius 2 is 1.85 bits per heavy atom. The van der Waals surface area contributed by atoms with Gasteiger partial charge in [0, 0.05) is 25.3 Å². The quantitative estimate of drug-likeness (QED) is 0.872. The third kappa shape index (κ3) is 4.24. The predicted molar refractivity (Wildman–Crippen MR) is 104 cm³/mol. The van der Waals surface area contributed by atoms with Gasteiger partial charge in [0.05, 0.1) is 23.6 Å². The molecular formula is C20H24N2O4S. The SMILES string of the molecule is C[C@@H](c1ccc(S(C)(=O)=O)cc1)N(C)C(=O)N[C@H]1CCOc2ccccc21. The van der Waals surface area contributed by atoms with Crippen molar-refractivity contribution in [3.8, 4) is 5.75 Å². The summed E-state index contributed by atoms with van der Waals surface area (Å²) in [7, 11) is -1.50. The molecule has 0 unspecified atom stereocenters. The molecule has 2 amide bonds. The monoisotopic (exact) mass is 388 g/mol. The maximum atomic E-state index is 12.7. The van der Waals surface area contributed by atoms with Gasteiger partial charge in [0.2, 0.25) is 0 Å². The minimum Gasteiger partial charge on any atom is -0.493 e. The molecule has 3 rings (SSSR count). The van der Waals surface area contributed by atoms with Gasteiger partial charge in [-0.25, -0.2) is 13.2 Å². The molecule has 0 fully saturated rings. The number of para-hydroxylation sites is 1. The van der Waals surface area contributed by atoms with Crippen LogP contribution >= 0.6 is 0 Å². The van der Waals surface area contributed by atoms with Crippen molar-refractivity contribution in [3.05, 3.63) is 59.7 Å². The first-order valence-corrected chi connectivity index (χ1v) is 10.7. The molecule has 0 aliphatic carbocycles. The molecule has 1 heterocycles. The molecule has 144 valence electrons. The fraction of sp³-hybridized carbons (Fsp3) is 0.350.